The molecule has 2 rings (SSSR count). The second-order valence-corrected chi connectivity index (χ2v) is 6.57. The van der Waals surface area contributed by atoms with E-state index in [1.807, 2.05) is 0 Å². The monoisotopic (exact) mass is 250 g/mol. The molecule has 0 saturated heterocycles. The van der Waals surface area contributed by atoms with Crippen molar-refractivity contribution >= 4 is 5.78 Å². The molecule has 2 unspecified atom stereocenters. The summed E-state index contributed by atoms with van der Waals surface area (Å²) in [5, 5.41) is 0. The molecule has 2 fully saturated rings. The van der Waals surface area contributed by atoms with E-state index in [-0.39, 0.29) is 0 Å². The Bertz CT molecular complexity index is 252. The van der Waals surface area contributed by atoms with Gasteiger partial charge in [0.25, 0.3) is 0 Å². The van der Waals surface area contributed by atoms with Crippen molar-refractivity contribution in [1.82, 2.24) is 0 Å². The molecular weight excluding hydrogens is 220 g/mol. The predicted octanol–water partition coefficient (Wildman–Crippen LogP) is 5.13. The Balaban J connectivity index is 1.75. The zero-order valence-electron chi connectivity index (χ0n) is 12.1. The van der Waals surface area contributed by atoms with Crippen molar-refractivity contribution in [3.8, 4) is 0 Å². The van der Waals surface area contributed by atoms with E-state index >= 15 is 0 Å². The molecular formula is C17H30O. The summed E-state index contributed by atoms with van der Waals surface area (Å²) in [4.78, 5) is 12.4. The number of hydrogen-bond acceptors (Lipinski definition) is 1. The van der Waals surface area contributed by atoms with Crippen LogP contribution in [0.5, 0.6) is 0 Å². The SMILES string of the molecule is CCC1CCCCC1C(=O)CCC1CCCCC1. The van der Waals surface area contributed by atoms with Crippen LogP contribution in [0.25, 0.3) is 0 Å². The summed E-state index contributed by atoms with van der Waals surface area (Å²) in [5.41, 5.74) is 0. The predicted molar refractivity (Wildman–Crippen MR) is 76.6 cm³/mol. The van der Waals surface area contributed by atoms with E-state index in [4.69, 9.17) is 0 Å². The van der Waals surface area contributed by atoms with Crippen LogP contribution in [0.2, 0.25) is 0 Å². The van der Waals surface area contributed by atoms with Gasteiger partial charge in [-0.25, -0.2) is 0 Å². The fraction of sp³-hybridized carbons (Fsp3) is 0.941. The van der Waals surface area contributed by atoms with Crippen molar-refractivity contribution in [1.29, 1.82) is 0 Å². The van der Waals surface area contributed by atoms with Crippen LogP contribution in [0.1, 0.15) is 84.0 Å². The zero-order valence-corrected chi connectivity index (χ0v) is 12.1. The number of rotatable bonds is 5. The Kier molecular flexibility index (Phi) is 5.72. The number of ketones is 1. The minimum absolute atomic E-state index is 0.423. The Hall–Kier alpha value is -0.330. The van der Waals surface area contributed by atoms with Gasteiger partial charge in [0.1, 0.15) is 5.78 Å². The molecule has 0 aromatic rings. The van der Waals surface area contributed by atoms with Gasteiger partial charge in [-0.15, -0.1) is 0 Å². The average Bonchev–Trinajstić information content (AvgIpc) is 2.45. The van der Waals surface area contributed by atoms with Gasteiger partial charge in [-0.3, -0.25) is 4.79 Å². The average molecular weight is 250 g/mol. The quantitative estimate of drug-likeness (QED) is 0.661. The third-order valence-corrected chi connectivity index (χ3v) is 5.37. The Morgan fingerprint density at radius 3 is 2.33 bits per heavy atom. The van der Waals surface area contributed by atoms with E-state index in [0.29, 0.717) is 17.6 Å². The molecule has 0 spiro atoms. The Labute approximate surface area is 113 Å². The van der Waals surface area contributed by atoms with Crippen molar-refractivity contribution < 1.29 is 4.79 Å². The fourth-order valence-corrected chi connectivity index (χ4v) is 4.13. The highest BCUT2D eigenvalue weighted by Gasteiger charge is 2.29. The molecule has 1 heteroatoms. The summed E-state index contributed by atoms with van der Waals surface area (Å²) in [6.07, 6.45) is 15.4. The summed E-state index contributed by atoms with van der Waals surface area (Å²) < 4.78 is 0. The maximum atomic E-state index is 12.4. The summed E-state index contributed by atoms with van der Waals surface area (Å²) >= 11 is 0. The highest BCUT2D eigenvalue weighted by atomic mass is 16.1. The first-order valence-electron chi connectivity index (χ1n) is 8.34. The molecule has 0 N–H and O–H groups in total. The Morgan fingerprint density at radius 1 is 0.944 bits per heavy atom. The van der Waals surface area contributed by atoms with Crippen molar-refractivity contribution in [3.05, 3.63) is 0 Å². The molecule has 2 saturated carbocycles. The van der Waals surface area contributed by atoms with Crippen LogP contribution in [-0.4, -0.2) is 5.78 Å². The normalized spacial score (nSPS) is 30.3. The first-order chi connectivity index (χ1) is 8.81. The van der Waals surface area contributed by atoms with E-state index < -0.39 is 0 Å². The molecule has 2 aliphatic rings. The molecule has 2 aliphatic carbocycles. The first kappa shape index (κ1) is 14.1. The molecule has 0 amide bonds. The highest BCUT2D eigenvalue weighted by molar-refractivity contribution is 5.81. The highest BCUT2D eigenvalue weighted by Crippen LogP contribution is 2.35. The maximum Gasteiger partial charge on any atom is 0.136 e. The molecule has 2 atom stereocenters. The Morgan fingerprint density at radius 2 is 1.61 bits per heavy atom. The summed E-state index contributed by atoms with van der Waals surface area (Å²) in [6, 6.07) is 0. The van der Waals surface area contributed by atoms with Crippen molar-refractivity contribution in [2.24, 2.45) is 17.8 Å². The van der Waals surface area contributed by atoms with Gasteiger partial charge >= 0.3 is 0 Å². The third-order valence-electron chi connectivity index (χ3n) is 5.37. The molecule has 104 valence electrons. The molecule has 0 heterocycles. The third kappa shape index (κ3) is 3.83. The number of Topliss-reactive ketones (excluding diaryl/α,β-unsaturated/α-hetero) is 1. The minimum atomic E-state index is 0.423. The van der Waals surface area contributed by atoms with Gasteiger partial charge in [0, 0.05) is 12.3 Å². The maximum absolute atomic E-state index is 12.4. The van der Waals surface area contributed by atoms with Gasteiger partial charge in [-0.1, -0.05) is 58.3 Å². The van der Waals surface area contributed by atoms with Crippen molar-refractivity contribution in [2.45, 2.75) is 84.0 Å². The standard InChI is InChI=1S/C17H30O/c1-2-15-10-6-7-11-16(15)17(18)13-12-14-8-4-3-5-9-14/h14-16H,2-13H2,1H3. The van der Waals surface area contributed by atoms with Gasteiger partial charge < -0.3 is 0 Å². The van der Waals surface area contributed by atoms with Crippen LogP contribution in [0, 0.1) is 17.8 Å². The van der Waals surface area contributed by atoms with E-state index in [1.165, 1.54) is 70.6 Å². The number of carbonyl (C=O) groups is 1. The van der Waals surface area contributed by atoms with E-state index in [9.17, 15) is 4.79 Å². The van der Waals surface area contributed by atoms with Gasteiger partial charge in [0.2, 0.25) is 0 Å². The topological polar surface area (TPSA) is 17.1 Å². The van der Waals surface area contributed by atoms with Gasteiger partial charge in [-0.05, 0) is 31.1 Å². The lowest BCUT2D eigenvalue weighted by molar-refractivity contribution is -0.126. The van der Waals surface area contributed by atoms with Crippen molar-refractivity contribution in [3.63, 3.8) is 0 Å². The molecule has 0 radical (unpaired) electrons. The van der Waals surface area contributed by atoms with Crippen LogP contribution >= 0.6 is 0 Å². The molecule has 18 heavy (non-hydrogen) atoms. The minimum Gasteiger partial charge on any atom is -0.299 e. The van der Waals surface area contributed by atoms with Gasteiger partial charge in [0.15, 0.2) is 0 Å². The van der Waals surface area contributed by atoms with Crippen LogP contribution < -0.4 is 0 Å². The van der Waals surface area contributed by atoms with E-state index in [2.05, 4.69) is 6.92 Å². The van der Waals surface area contributed by atoms with E-state index in [1.54, 1.807) is 0 Å². The largest absolute Gasteiger partial charge is 0.299 e. The van der Waals surface area contributed by atoms with Crippen LogP contribution in [0.3, 0.4) is 0 Å². The second kappa shape index (κ2) is 7.31. The number of hydrogen-bond donors (Lipinski definition) is 0. The number of carbonyl (C=O) groups excluding carboxylic acids is 1. The lowest BCUT2D eigenvalue weighted by atomic mass is 9.74. The van der Waals surface area contributed by atoms with Gasteiger partial charge in [0.05, 0.1) is 0 Å². The van der Waals surface area contributed by atoms with Crippen LogP contribution in [0.15, 0.2) is 0 Å². The summed E-state index contributed by atoms with van der Waals surface area (Å²) in [5.74, 6) is 2.60. The fourth-order valence-electron chi connectivity index (χ4n) is 4.13. The first-order valence-corrected chi connectivity index (χ1v) is 8.34. The lowest BCUT2D eigenvalue weighted by Gasteiger charge is -2.30. The molecule has 0 aliphatic heterocycles. The molecule has 0 aromatic heterocycles. The smallest absolute Gasteiger partial charge is 0.136 e. The molecule has 1 nitrogen and oxygen atoms in total. The van der Waals surface area contributed by atoms with Crippen LogP contribution in [-0.2, 0) is 4.79 Å². The van der Waals surface area contributed by atoms with Gasteiger partial charge in [-0.2, -0.15) is 0 Å². The lowest BCUT2D eigenvalue weighted by Crippen LogP contribution is -2.27. The molecule has 0 aromatic carbocycles. The summed E-state index contributed by atoms with van der Waals surface area (Å²) in [7, 11) is 0. The zero-order chi connectivity index (χ0) is 12.8. The second-order valence-electron chi connectivity index (χ2n) is 6.57. The summed E-state index contributed by atoms with van der Waals surface area (Å²) in [6.45, 7) is 2.26. The van der Waals surface area contributed by atoms with Crippen molar-refractivity contribution in [2.75, 3.05) is 0 Å². The molecule has 0 bridgehead atoms. The van der Waals surface area contributed by atoms with Crippen LogP contribution in [0.4, 0.5) is 0 Å². The van der Waals surface area contributed by atoms with E-state index in [0.717, 1.165) is 12.3 Å².